The third-order valence-corrected chi connectivity index (χ3v) is 6.44. The highest BCUT2D eigenvalue weighted by Gasteiger charge is 2.37. The lowest BCUT2D eigenvalue weighted by atomic mass is 10.00. The Morgan fingerprint density at radius 2 is 1.82 bits per heavy atom. The topological polar surface area (TPSA) is 76.2 Å². The van der Waals surface area contributed by atoms with Gasteiger partial charge in [-0.2, -0.15) is 0 Å². The first kappa shape index (κ1) is 22.9. The van der Waals surface area contributed by atoms with Crippen LogP contribution in [0.5, 0.6) is 11.5 Å². The fourth-order valence-corrected chi connectivity index (χ4v) is 4.72. The van der Waals surface area contributed by atoms with E-state index in [1.807, 2.05) is 32.0 Å². The first-order valence-electron chi connectivity index (χ1n) is 11.0. The second-order valence-electron chi connectivity index (χ2n) is 7.67. The molecule has 0 unspecified atom stereocenters. The zero-order valence-electron chi connectivity index (χ0n) is 18.7. The maximum atomic E-state index is 13.0. The van der Waals surface area contributed by atoms with Gasteiger partial charge < -0.3 is 14.4 Å². The molecule has 0 saturated carbocycles. The molecule has 33 heavy (non-hydrogen) atoms. The normalized spacial score (nSPS) is 16.8. The van der Waals surface area contributed by atoms with Crippen LogP contribution in [0.2, 0.25) is 0 Å². The quantitative estimate of drug-likeness (QED) is 0.572. The van der Waals surface area contributed by atoms with Gasteiger partial charge in [0.05, 0.1) is 18.1 Å². The van der Waals surface area contributed by atoms with Crippen molar-refractivity contribution in [1.82, 2.24) is 9.80 Å². The van der Waals surface area contributed by atoms with Gasteiger partial charge in [-0.15, -0.1) is 0 Å². The maximum absolute atomic E-state index is 13.0. The molecular weight excluding hydrogens is 440 g/mol. The monoisotopic (exact) mass is 466 g/mol. The van der Waals surface area contributed by atoms with E-state index in [2.05, 4.69) is 6.07 Å². The molecule has 0 spiro atoms. The van der Waals surface area contributed by atoms with Crippen molar-refractivity contribution in [3.8, 4) is 11.5 Å². The average Bonchev–Trinajstić information content (AvgIpc) is 3.08. The summed E-state index contributed by atoms with van der Waals surface area (Å²) in [5.41, 5.74) is 3.01. The molecule has 0 atom stereocenters. The van der Waals surface area contributed by atoms with Crippen molar-refractivity contribution < 1.29 is 23.9 Å². The lowest BCUT2D eigenvalue weighted by Gasteiger charge is -2.29. The number of carbonyl (C=O) groups is 3. The van der Waals surface area contributed by atoms with Crippen molar-refractivity contribution in [3.63, 3.8) is 0 Å². The number of imide groups is 1. The van der Waals surface area contributed by atoms with E-state index in [0.717, 1.165) is 28.6 Å². The summed E-state index contributed by atoms with van der Waals surface area (Å²) in [7, 11) is 0. The van der Waals surface area contributed by atoms with Crippen LogP contribution >= 0.6 is 11.8 Å². The summed E-state index contributed by atoms with van der Waals surface area (Å²) >= 11 is 0.836. The molecule has 0 bridgehead atoms. The second kappa shape index (κ2) is 10.1. The predicted octanol–water partition coefficient (Wildman–Crippen LogP) is 4.11. The number of hydrogen-bond donors (Lipinski definition) is 0. The van der Waals surface area contributed by atoms with Gasteiger partial charge in [0.2, 0.25) is 5.91 Å². The Hall–Kier alpha value is -3.26. The van der Waals surface area contributed by atoms with Gasteiger partial charge in [0.25, 0.3) is 11.1 Å². The van der Waals surface area contributed by atoms with Crippen molar-refractivity contribution in [2.45, 2.75) is 26.8 Å². The van der Waals surface area contributed by atoms with Gasteiger partial charge in [-0.1, -0.05) is 24.3 Å². The molecular formula is C25H26N2O5S. The Morgan fingerprint density at radius 3 is 2.58 bits per heavy atom. The van der Waals surface area contributed by atoms with Crippen molar-refractivity contribution >= 4 is 34.9 Å². The molecule has 0 radical (unpaired) electrons. The minimum Gasteiger partial charge on any atom is -0.494 e. The van der Waals surface area contributed by atoms with Gasteiger partial charge in [0, 0.05) is 24.7 Å². The largest absolute Gasteiger partial charge is 0.494 e. The highest BCUT2D eigenvalue weighted by atomic mass is 32.2. The molecule has 7 nitrogen and oxygen atoms in total. The number of benzene rings is 2. The van der Waals surface area contributed by atoms with E-state index in [4.69, 9.17) is 9.47 Å². The van der Waals surface area contributed by atoms with Crippen molar-refractivity contribution in [3.05, 3.63) is 64.1 Å². The van der Waals surface area contributed by atoms with Crippen LogP contribution in [0.1, 0.15) is 30.5 Å². The molecule has 4 rings (SSSR count). The minimum absolute atomic E-state index is 0.232. The van der Waals surface area contributed by atoms with Crippen LogP contribution in [0, 0.1) is 0 Å². The third kappa shape index (κ3) is 5.06. The lowest BCUT2D eigenvalue weighted by molar-refractivity contribution is -0.136. The van der Waals surface area contributed by atoms with E-state index >= 15 is 0 Å². The van der Waals surface area contributed by atoms with Crippen molar-refractivity contribution in [1.29, 1.82) is 0 Å². The Kier molecular flexibility index (Phi) is 7.03. The molecule has 2 aliphatic rings. The van der Waals surface area contributed by atoms with E-state index in [9.17, 15) is 14.4 Å². The van der Waals surface area contributed by atoms with Crippen molar-refractivity contribution in [2.75, 3.05) is 26.3 Å². The molecule has 2 aliphatic heterocycles. The number of hydrogen-bond acceptors (Lipinski definition) is 6. The van der Waals surface area contributed by atoms with Gasteiger partial charge >= 0.3 is 0 Å². The standard InChI is InChI=1S/C25H26N2O5S/c1-3-31-20-10-9-18(21(14-20)32-4-2)13-22-24(29)27(25(30)33-22)16-23(28)26-12-11-17-7-5-6-8-19(17)15-26/h5-10,13-14H,3-4,11-12,15-16H2,1-2H3/b22-13+. The zero-order chi connectivity index (χ0) is 23.4. The summed E-state index contributed by atoms with van der Waals surface area (Å²) in [5.74, 6) is 0.537. The number of rotatable bonds is 7. The van der Waals surface area contributed by atoms with Crippen LogP contribution in [-0.4, -0.2) is 53.2 Å². The molecule has 2 aromatic carbocycles. The van der Waals surface area contributed by atoms with Crippen LogP contribution in [0.15, 0.2) is 47.4 Å². The lowest BCUT2D eigenvalue weighted by Crippen LogP contribution is -2.44. The summed E-state index contributed by atoms with van der Waals surface area (Å²) in [6.07, 6.45) is 2.40. The van der Waals surface area contributed by atoms with Crippen LogP contribution in [0.25, 0.3) is 6.08 Å². The zero-order valence-corrected chi connectivity index (χ0v) is 19.5. The third-order valence-electron chi connectivity index (χ3n) is 5.53. The fraction of sp³-hybridized carbons (Fsp3) is 0.320. The summed E-state index contributed by atoms with van der Waals surface area (Å²) in [5, 5.41) is -0.444. The van der Waals surface area contributed by atoms with E-state index in [0.29, 0.717) is 43.4 Å². The molecule has 8 heteroatoms. The molecule has 1 saturated heterocycles. The number of amides is 3. The van der Waals surface area contributed by atoms with E-state index in [1.165, 1.54) is 5.56 Å². The Balaban J connectivity index is 1.48. The van der Waals surface area contributed by atoms with Crippen LogP contribution in [-0.2, 0) is 22.6 Å². The first-order chi connectivity index (χ1) is 16.0. The number of carbonyl (C=O) groups excluding carboxylic acids is 3. The molecule has 2 aromatic rings. The maximum Gasteiger partial charge on any atom is 0.294 e. The molecule has 0 N–H and O–H groups in total. The number of fused-ring (bicyclic) bond motifs is 1. The summed E-state index contributed by atoms with van der Waals surface area (Å²) in [6, 6.07) is 13.4. The van der Waals surface area contributed by atoms with Gasteiger partial charge in [-0.05, 0) is 61.4 Å². The summed E-state index contributed by atoms with van der Waals surface area (Å²) < 4.78 is 11.2. The summed E-state index contributed by atoms with van der Waals surface area (Å²) in [4.78, 5) is 41.4. The Morgan fingerprint density at radius 1 is 1.06 bits per heavy atom. The van der Waals surface area contributed by atoms with Gasteiger partial charge in [0.15, 0.2) is 0 Å². The highest BCUT2D eigenvalue weighted by Crippen LogP contribution is 2.35. The molecule has 0 aromatic heterocycles. The van der Waals surface area contributed by atoms with Crippen molar-refractivity contribution in [2.24, 2.45) is 0 Å². The number of thioether (sulfide) groups is 1. The molecule has 3 amide bonds. The molecule has 0 aliphatic carbocycles. The van der Waals surface area contributed by atoms with Crippen LogP contribution in [0.4, 0.5) is 4.79 Å². The number of nitrogens with zero attached hydrogens (tertiary/aromatic N) is 2. The molecule has 1 fully saturated rings. The Bertz CT molecular complexity index is 1110. The SMILES string of the molecule is CCOc1ccc(/C=C2/SC(=O)N(CC(=O)N3CCc4ccccc4C3)C2=O)c(OCC)c1. The van der Waals surface area contributed by atoms with E-state index in [1.54, 1.807) is 29.2 Å². The first-order valence-corrected chi connectivity index (χ1v) is 11.8. The summed E-state index contributed by atoms with van der Waals surface area (Å²) in [6.45, 7) is 5.55. The Labute approximate surface area is 197 Å². The molecule has 2 heterocycles. The predicted molar refractivity (Wildman–Crippen MR) is 127 cm³/mol. The van der Waals surface area contributed by atoms with Crippen LogP contribution in [0.3, 0.4) is 0 Å². The second-order valence-corrected chi connectivity index (χ2v) is 8.66. The average molecular weight is 467 g/mol. The number of ether oxygens (including phenoxy) is 2. The van der Waals surface area contributed by atoms with Gasteiger partial charge in [-0.25, -0.2) is 0 Å². The highest BCUT2D eigenvalue weighted by molar-refractivity contribution is 8.18. The smallest absolute Gasteiger partial charge is 0.294 e. The van der Waals surface area contributed by atoms with Gasteiger partial charge in [-0.3, -0.25) is 19.3 Å². The van der Waals surface area contributed by atoms with E-state index < -0.39 is 11.1 Å². The fourth-order valence-electron chi connectivity index (χ4n) is 3.89. The van der Waals surface area contributed by atoms with Gasteiger partial charge in [0.1, 0.15) is 18.0 Å². The minimum atomic E-state index is -0.466. The van der Waals surface area contributed by atoms with Crippen LogP contribution < -0.4 is 9.47 Å². The van der Waals surface area contributed by atoms with E-state index in [-0.39, 0.29) is 17.4 Å². The molecule has 172 valence electrons.